The predicted octanol–water partition coefficient (Wildman–Crippen LogP) is 2.14. The van der Waals surface area contributed by atoms with E-state index < -0.39 is 25.0 Å². The largest absolute Gasteiger partial charge is 0.505 e. The van der Waals surface area contributed by atoms with Gasteiger partial charge in [-0.2, -0.15) is 0 Å². The van der Waals surface area contributed by atoms with E-state index in [0.717, 1.165) is 5.56 Å². The lowest BCUT2D eigenvalue weighted by molar-refractivity contribution is -0.345. The van der Waals surface area contributed by atoms with E-state index in [1.807, 2.05) is 6.92 Å². The molecule has 0 spiro atoms. The Balaban J connectivity index is 2.47. The second-order valence-corrected chi connectivity index (χ2v) is 3.79. The van der Waals surface area contributed by atoms with E-state index in [-0.39, 0.29) is 6.61 Å². The highest BCUT2D eigenvalue weighted by molar-refractivity contribution is 5.88. The second kappa shape index (κ2) is 8.13. The van der Waals surface area contributed by atoms with Gasteiger partial charge in [0.15, 0.2) is 0 Å². The zero-order chi connectivity index (χ0) is 15.0. The van der Waals surface area contributed by atoms with Crippen molar-refractivity contribution in [1.29, 1.82) is 0 Å². The molecule has 1 N–H and O–H groups in total. The molecule has 0 amide bonds. The summed E-state index contributed by atoms with van der Waals surface area (Å²) in [6.07, 6.45) is -2.58. The van der Waals surface area contributed by atoms with E-state index >= 15 is 0 Å². The van der Waals surface area contributed by atoms with Gasteiger partial charge in [-0.25, -0.2) is 9.59 Å². The number of carbonyl (C=O) groups excluding carboxylic acids is 1. The molecule has 0 aliphatic carbocycles. The molecule has 7 nitrogen and oxygen atoms in total. The molecular weight excluding hydrogens is 268 g/mol. The van der Waals surface area contributed by atoms with Gasteiger partial charge >= 0.3 is 12.1 Å². The molecular formula is C13H16O7. The summed E-state index contributed by atoms with van der Waals surface area (Å²) in [6.45, 7) is 3.42. The van der Waals surface area contributed by atoms with Crippen LogP contribution in [0.1, 0.15) is 22.8 Å². The Bertz CT molecular complexity index is 441. The van der Waals surface area contributed by atoms with Gasteiger partial charge in [0.05, 0.1) is 5.56 Å². The lowest BCUT2D eigenvalue weighted by atomic mass is 10.2. The van der Waals surface area contributed by atoms with E-state index in [1.54, 1.807) is 31.2 Å². The molecule has 0 saturated heterocycles. The normalized spacial score (nSPS) is 11.7. The summed E-state index contributed by atoms with van der Waals surface area (Å²) in [7, 11) is 0. The monoisotopic (exact) mass is 284 g/mol. The molecule has 1 unspecified atom stereocenters. The van der Waals surface area contributed by atoms with Gasteiger partial charge in [0.1, 0.15) is 6.61 Å². The van der Waals surface area contributed by atoms with Crippen LogP contribution in [0.25, 0.3) is 0 Å². The summed E-state index contributed by atoms with van der Waals surface area (Å²) >= 11 is 0. The molecule has 0 bridgehead atoms. The number of ether oxygens (including phenoxy) is 2. The zero-order valence-electron chi connectivity index (χ0n) is 11.2. The van der Waals surface area contributed by atoms with Crippen LogP contribution in [0.5, 0.6) is 0 Å². The fraction of sp³-hybridized carbons (Fsp3) is 0.385. The van der Waals surface area contributed by atoms with Crippen LogP contribution in [0.15, 0.2) is 24.3 Å². The minimum atomic E-state index is -1.47. The highest BCUT2D eigenvalue weighted by Gasteiger charge is 2.17. The molecule has 1 rings (SSSR count). The van der Waals surface area contributed by atoms with Gasteiger partial charge in [-0.15, -0.1) is 4.89 Å². The Hall–Kier alpha value is -2.12. The predicted molar refractivity (Wildman–Crippen MR) is 67.1 cm³/mol. The first-order valence-corrected chi connectivity index (χ1v) is 5.94. The first-order valence-electron chi connectivity index (χ1n) is 5.94. The molecule has 0 aromatic heterocycles. The second-order valence-electron chi connectivity index (χ2n) is 3.79. The SMILES string of the molecule is CCOC(COC(=O)O)OOC(=O)c1ccc(C)cc1. The van der Waals surface area contributed by atoms with Crippen LogP contribution in [-0.4, -0.2) is 36.7 Å². The van der Waals surface area contributed by atoms with Crippen molar-refractivity contribution in [2.24, 2.45) is 0 Å². The van der Waals surface area contributed by atoms with Crippen molar-refractivity contribution in [3.8, 4) is 0 Å². The molecule has 0 aliphatic rings. The smallest absolute Gasteiger partial charge is 0.450 e. The molecule has 1 aromatic carbocycles. The minimum Gasteiger partial charge on any atom is -0.450 e. The summed E-state index contributed by atoms with van der Waals surface area (Å²) in [6, 6.07) is 6.68. The van der Waals surface area contributed by atoms with Crippen molar-refractivity contribution in [3.05, 3.63) is 35.4 Å². The van der Waals surface area contributed by atoms with Crippen LogP contribution in [0.2, 0.25) is 0 Å². The number of aryl methyl sites for hydroxylation is 1. The summed E-state index contributed by atoms with van der Waals surface area (Å²) in [5, 5.41) is 8.37. The third kappa shape index (κ3) is 5.68. The Morgan fingerprint density at radius 1 is 1.25 bits per heavy atom. The molecule has 1 atom stereocenters. The van der Waals surface area contributed by atoms with Gasteiger partial charge in [-0.1, -0.05) is 17.7 Å². The third-order valence-electron chi connectivity index (χ3n) is 2.21. The number of carbonyl (C=O) groups is 2. The van der Waals surface area contributed by atoms with E-state index in [1.165, 1.54) is 0 Å². The maximum Gasteiger partial charge on any atom is 0.505 e. The van der Waals surface area contributed by atoms with E-state index in [2.05, 4.69) is 9.62 Å². The van der Waals surface area contributed by atoms with E-state index in [4.69, 9.17) is 14.7 Å². The molecule has 0 heterocycles. The zero-order valence-corrected chi connectivity index (χ0v) is 11.2. The number of hydrogen-bond acceptors (Lipinski definition) is 6. The molecule has 1 aromatic rings. The van der Waals surface area contributed by atoms with Crippen LogP contribution in [0.3, 0.4) is 0 Å². The number of rotatable bonds is 7. The van der Waals surface area contributed by atoms with Crippen molar-refractivity contribution in [2.75, 3.05) is 13.2 Å². The lowest BCUT2D eigenvalue weighted by Gasteiger charge is -2.14. The van der Waals surface area contributed by atoms with Crippen LogP contribution < -0.4 is 0 Å². The Kier molecular flexibility index (Phi) is 6.48. The highest BCUT2D eigenvalue weighted by atomic mass is 17.2. The third-order valence-corrected chi connectivity index (χ3v) is 2.21. The van der Waals surface area contributed by atoms with Gasteiger partial charge < -0.3 is 14.6 Å². The van der Waals surface area contributed by atoms with Crippen LogP contribution in [0, 0.1) is 6.92 Å². The quantitative estimate of drug-likeness (QED) is 0.355. The standard InChI is InChI=1S/C13H16O7/c1-3-17-11(8-18-13(15)16)19-20-12(14)10-6-4-9(2)5-7-10/h4-7,11H,3,8H2,1-2H3,(H,15,16). The molecule has 0 radical (unpaired) electrons. The van der Waals surface area contributed by atoms with E-state index in [0.29, 0.717) is 5.56 Å². The molecule has 20 heavy (non-hydrogen) atoms. The number of hydrogen-bond donors (Lipinski definition) is 1. The highest BCUT2D eigenvalue weighted by Crippen LogP contribution is 2.07. The Morgan fingerprint density at radius 2 is 1.90 bits per heavy atom. The fourth-order valence-corrected chi connectivity index (χ4v) is 1.26. The molecule has 110 valence electrons. The average molecular weight is 284 g/mol. The lowest BCUT2D eigenvalue weighted by Crippen LogP contribution is -2.26. The van der Waals surface area contributed by atoms with Crippen molar-refractivity contribution in [2.45, 2.75) is 20.1 Å². The average Bonchev–Trinajstić information content (AvgIpc) is 2.42. The van der Waals surface area contributed by atoms with Crippen molar-refractivity contribution in [1.82, 2.24) is 0 Å². The van der Waals surface area contributed by atoms with Gasteiger partial charge in [0.2, 0.25) is 6.29 Å². The first-order chi connectivity index (χ1) is 9.52. The number of benzene rings is 1. The van der Waals surface area contributed by atoms with Crippen molar-refractivity contribution in [3.63, 3.8) is 0 Å². The summed E-state index contributed by atoms with van der Waals surface area (Å²) in [5.41, 5.74) is 1.31. The van der Waals surface area contributed by atoms with Gasteiger partial charge in [0.25, 0.3) is 0 Å². The van der Waals surface area contributed by atoms with Crippen molar-refractivity contribution >= 4 is 12.1 Å². The summed E-state index contributed by atoms with van der Waals surface area (Å²) < 4.78 is 9.30. The van der Waals surface area contributed by atoms with Crippen LogP contribution in [-0.2, 0) is 19.2 Å². The topological polar surface area (TPSA) is 91.3 Å². The molecule has 7 heteroatoms. The maximum atomic E-state index is 11.6. The Labute approximate surface area is 115 Å². The van der Waals surface area contributed by atoms with Gasteiger partial charge in [-0.05, 0) is 26.0 Å². The maximum absolute atomic E-state index is 11.6. The minimum absolute atomic E-state index is 0.246. The van der Waals surface area contributed by atoms with Gasteiger partial charge in [-0.3, -0.25) is 4.89 Å². The summed E-state index contributed by atoms with van der Waals surface area (Å²) in [4.78, 5) is 31.2. The summed E-state index contributed by atoms with van der Waals surface area (Å²) in [5.74, 6) is -0.704. The molecule has 0 aliphatic heterocycles. The Morgan fingerprint density at radius 3 is 2.45 bits per heavy atom. The fourth-order valence-electron chi connectivity index (χ4n) is 1.26. The van der Waals surface area contributed by atoms with E-state index in [9.17, 15) is 9.59 Å². The van der Waals surface area contributed by atoms with Gasteiger partial charge in [0, 0.05) is 6.61 Å². The van der Waals surface area contributed by atoms with Crippen LogP contribution >= 0.6 is 0 Å². The molecule has 0 saturated carbocycles. The van der Waals surface area contributed by atoms with Crippen molar-refractivity contribution < 1.29 is 33.9 Å². The number of carboxylic acid groups (broad SMARTS) is 1. The molecule has 0 fully saturated rings. The van der Waals surface area contributed by atoms with Crippen LogP contribution in [0.4, 0.5) is 4.79 Å². The first kappa shape index (κ1) is 15.9.